The third-order valence-electron chi connectivity index (χ3n) is 4.44. The predicted octanol–water partition coefficient (Wildman–Crippen LogP) is 2.46. The number of amidine groups is 1. The maximum atomic E-state index is 14.6. The molecule has 0 saturated heterocycles. The zero-order valence-corrected chi connectivity index (χ0v) is 13.5. The fourth-order valence-electron chi connectivity index (χ4n) is 3.17. The summed E-state index contributed by atoms with van der Waals surface area (Å²) in [5.74, 6) is -0.141. The zero-order valence-electron chi connectivity index (χ0n) is 13.5. The third-order valence-corrected chi connectivity index (χ3v) is 4.44. The highest BCUT2D eigenvalue weighted by molar-refractivity contribution is 5.98. The number of benzene rings is 1. The summed E-state index contributed by atoms with van der Waals surface area (Å²) in [4.78, 5) is 16.3. The summed E-state index contributed by atoms with van der Waals surface area (Å²) >= 11 is 0. The first-order valence-electron chi connectivity index (χ1n) is 7.78. The Labute approximate surface area is 143 Å². The van der Waals surface area contributed by atoms with Gasteiger partial charge in [-0.1, -0.05) is 6.07 Å². The van der Waals surface area contributed by atoms with Crippen molar-refractivity contribution in [1.29, 1.82) is 5.41 Å². The smallest absolute Gasteiger partial charge is 0.129 e. The van der Waals surface area contributed by atoms with E-state index in [2.05, 4.69) is 25.3 Å². The minimum absolute atomic E-state index is 0.192. The van der Waals surface area contributed by atoms with Gasteiger partial charge >= 0.3 is 0 Å². The molecule has 4 rings (SSSR count). The van der Waals surface area contributed by atoms with Gasteiger partial charge in [-0.25, -0.2) is 24.3 Å². The molecule has 1 aliphatic rings. The molecule has 124 valence electrons. The van der Waals surface area contributed by atoms with E-state index in [9.17, 15) is 4.39 Å². The molecule has 0 saturated carbocycles. The van der Waals surface area contributed by atoms with Crippen molar-refractivity contribution >= 4 is 5.84 Å². The molecule has 0 fully saturated rings. The molecule has 0 unspecified atom stereocenters. The monoisotopic (exact) mass is 334 g/mol. The average molecular weight is 334 g/mol. The second-order valence-corrected chi connectivity index (χ2v) is 6.21. The van der Waals surface area contributed by atoms with E-state index in [0.29, 0.717) is 17.5 Å². The van der Waals surface area contributed by atoms with Gasteiger partial charge in [0.15, 0.2) is 0 Å². The molecule has 0 aliphatic carbocycles. The molecule has 3 aromatic rings. The lowest BCUT2D eigenvalue weighted by Gasteiger charge is -2.37. The van der Waals surface area contributed by atoms with Crippen molar-refractivity contribution in [2.75, 3.05) is 0 Å². The second-order valence-electron chi connectivity index (χ2n) is 6.21. The van der Waals surface area contributed by atoms with Gasteiger partial charge in [0.1, 0.15) is 24.3 Å². The Morgan fingerprint density at radius 2 is 1.84 bits per heavy atom. The van der Waals surface area contributed by atoms with E-state index in [1.165, 1.54) is 18.7 Å². The molecule has 2 N–H and O–H groups in total. The molecule has 0 spiro atoms. The van der Waals surface area contributed by atoms with E-state index in [-0.39, 0.29) is 11.7 Å². The lowest BCUT2D eigenvalue weighted by Crippen LogP contribution is -2.50. The van der Waals surface area contributed by atoms with Crippen LogP contribution in [-0.4, -0.2) is 25.8 Å². The van der Waals surface area contributed by atoms with Gasteiger partial charge < -0.3 is 5.32 Å². The van der Waals surface area contributed by atoms with Crippen LogP contribution in [0.15, 0.2) is 49.4 Å². The van der Waals surface area contributed by atoms with Gasteiger partial charge in [-0.15, -0.1) is 0 Å². The molecule has 0 amide bonds. The van der Waals surface area contributed by atoms with Gasteiger partial charge in [-0.2, -0.15) is 0 Å². The van der Waals surface area contributed by atoms with E-state index in [1.807, 2.05) is 6.92 Å². The molecule has 6 nitrogen and oxygen atoms in total. The van der Waals surface area contributed by atoms with Gasteiger partial charge in [0, 0.05) is 36.1 Å². The molecular formula is C18H15FN6. The summed E-state index contributed by atoms with van der Waals surface area (Å²) in [5, 5.41) is 11.3. The molecule has 2 aromatic heterocycles. The Hall–Kier alpha value is -3.22. The molecule has 0 radical (unpaired) electrons. The number of aromatic nitrogens is 4. The highest BCUT2D eigenvalue weighted by Gasteiger charge is 2.36. The van der Waals surface area contributed by atoms with Crippen molar-refractivity contribution < 1.29 is 4.39 Å². The summed E-state index contributed by atoms with van der Waals surface area (Å²) in [5.41, 5.74) is 2.69. The number of nitrogens with one attached hydrogen (secondary N) is 2. The number of nitrogens with zero attached hydrogens (tertiary/aromatic N) is 4. The fourth-order valence-corrected chi connectivity index (χ4v) is 3.17. The summed E-state index contributed by atoms with van der Waals surface area (Å²) in [6.45, 7) is 1.87. The lowest BCUT2D eigenvalue weighted by atomic mass is 9.81. The van der Waals surface area contributed by atoms with Crippen LogP contribution in [0, 0.1) is 11.2 Å². The maximum Gasteiger partial charge on any atom is 0.129 e. The average Bonchev–Trinajstić information content (AvgIpc) is 2.62. The minimum Gasteiger partial charge on any atom is -0.360 e. The standard InChI is InChI=1S/C18H15FN6/c1-18(5-16-13(17(20)25-18)8-23-10-24-16)14-4-11(2-3-15(14)19)12-6-21-9-22-7-12/h2-4,6-10H,5H2,1H3,(H2,20,25)/t18-/m0/s1. The summed E-state index contributed by atoms with van der Waals surface area (Å²) < 4.78 is 14.6. The van der Waals surface area contributed by atoms with Crippen LogP contribution in [0.3, 0.4) is 0 Å². The Kier molecular flexibility index (Phi) is 3.49. The third kappa shape index (κ3) is 2.63. The van der Waals surface area contributed by atoms with E-state index in [4.69, 9.17) is 5.41 Å². The van der Waals surface area contributed by atoms with E-state index in [1.54, 1.807) is 30.7 Å². The van der Waals surface area contributed by atoms with Crippen LogP contribution in [0.4, 0.5) is 4.39 Å². The Bertz CT molecular complexity index is 959. The highest BCUT2D eigenvalue weighted by Crippen LogP contribution is 2.34. The van der Waals surface area contributed by atoms with Crippen molar-refractivity contribution in [1.82, 2.24) is 25.3 Å². The molecule has 3 heterocycles. The van der Waals surface area contributed by atoms with Crippen molar-refractivity contribution in [3.05, 3.63) is 72.1 Å². The maximum absolute atomic E-state index is 14.6. The van der Waals surface area contributed by atoms with E-state index in [0.717, 1.165) is 16.8 Å². The first-order valence-corrected chi connectivity index (χ1v) is 7.78. The molecule has 7 heteroatoms. The van der Waals surface area contributed by atoms with Gasteiger partial charge in [0.05, 0.1) is 16.8 Å². The number of halogens is 1. The van der Waals surface area contributed by atoms with E-state index >= 15 is 0 Å². The van der Waals surface area contributed by atoms with Gasteiger partial charge in [0.2, 0.25) is 0 Å². The lowest BCUT2D eigenvalue weighted by molar-refractivity contribution is 0.395. The van der Waals surface area contributed by atoms with Crippen LogP contribution >= 0.6 is 0 Å². The normalized spacial score (nSPS) is 19.2. The molecule has 0 bridgehead atoms. The number of rotatable bonds is 2. The Morgan fingerprint density at radius 3 is 2.64 bits per heavy atom. The number of fused-ring (bicyclic) bond motifs is 1. The molecule has 25 heavy (non-hydrogen) atoms. The van der Waals surface area contributed by atoms with Crippen LogP contribution in [0.1, 0.15) is 23.7 Å². The number of hydrogen-bond donors (Lipinski definition) is 2. The van der Waals surface area contributed by atoms with E-state index < -0.39 is 5.54 Å². The van der Waals surface area contributed by atoms with Crippen molar-refractivity contribution in [2.45, 2.75) is 18.9 Å². The van der Waals surface area contributed by atoms with Crippen molar-refractivity contribution in [3.8, 4) is 11.1 Å². The largest absolute Gasteiger partial charge is 0.360 e. The van der Waals surface area contributed by atoms with Crippen LogP contribution in [0.2, 0.25) is 0 Å². The van der Waals surface area contributed by atoms with Gasteiger partial charge in [0.25, 0.3) is 0 Å². The van der Waals surface area contributed by atoms with Crippen LogP contribution < -0.4 is 5.32 Å². The Morgan fingerprint density at radius 1 is 1.08 bits per heavy atom. The highest BCUT2D eigenvalue weighted by atomic mass is 19.1. The topological polar surface area (TPSA) is 87.4 Å². The van der Waals surface area contributed by atoms with Crippen LogP contribution in [-0.2, 0) is 12.0 Å². The second kappa shape index (κ2) is 5.70. The summed E-state index contributed by atoms with van der Waals surface area (Å²) in [6.07, 6.45) is 8.34. The number of hydrogen-bond acceptors (Lipinski definition) is 5. The first-order chi connectivity index (χ1) is 12.1. The van der Waals surface area contributed by atoms with Gasteiger partial charge in [-0.3, -0.25) is 5.41 Å². The molecular weight excluding hydrogens is 319 g/mol. The SMILES string of the molecule is C[C@@]1(c2cc(-c3cncnc3)ccc2F)Cc2ncncc2C(=N)N1. The van der Waals surface area contributed by atoms with Crippen molar-refractivity contribution in [3.63, 3.8) is 0 Å². The molecule has 1 atom stereocenters. The molecule has 1 aliphatic heterocycles. The summed E-state index contributed by atoms with van der Waals surface area (Å²) in [7, 11) is 0. The van der Waals surface area contributed by atoms with Crippen LogP contribution in [0.25, 0.3) is 11.1 Å². The quantitative estimate of drug-likeness (QED) is 0.752. The molecule has 1 aromatic carbocycles. The first kappa shape index (κ1) is 15.3. The van der Waals surface area contributed by atoms with Crippen molar-refractivity contribution in [2.24, 2.45) is 0 Å². The fraction of sp³-hybridized carbons (Fsp3) is 0.167. The van der Waals surface area contributed by atoms with Crippen LogP contribution in [0.5, 0.6) is 0 Å². The minimum atomic E-state index is -0.784. The van der Waals surface area contributed by atoms with Gasteiger partial charge in [-0.05, 0) is 24.6 Å². The zero-order chi connectivity index (χ0) is 17.4. The predicted molar refractivity (Wildman–Crippen MR) is 90.5 cm³/mol. The Balaban J connectivity index is 1.81. The summed E-state index contributed by atoms with van der Waals surface area (Å²) in [6, 6.07) is 4.91.